The van der Waals surface area contributed by atoms with E-state index in [-0.39, 0.29) is 21.9 Å². The van der Waals surface area contributed by atoms with Gasteiger partial charge in [-0.2, -0.15) is 5.10 Å². The van der Waals surface area contributed by atoms with E-state index in [1.54, 1.807) is 61.1 Å². The Bertz CT molecular complexity index is 1710. The van der Waals surface area contributed by atoms with Crippen LogP contribution in [0.3, 0.4) is 0 Å². The Morgan fingerprint density at radius 2 is 1.77 bits per heavy atom. The van der Waals surface area contributed by atoms with Crippen LogP contribution in [0.15, 0.2) is 53.6 Å². The maximum atomic E-state index is 13.2. The van der Waals surface area contributed by atoms with Crippen LogP contribution in [-0.2, 0) is 7.05 Å². The standard InChI is InChI=1S/C23H17Cl2N7O3/c1-29(2)22-17-18-21(26-11-30(3)23(18)33)27-19(12-4-6-13(24)7-5-12)20(17)28-31(22)14-8-9-15(25)16(10-14)32(34)35/h4-11H,1-3H3. The summed E-state index contributed by atoms with van der Waals surface area (Å²) in [4.78, 5) is 35.1. The zero-order chi connectivity index (χ0) is 25.0. The number of nitro groups is 1. The third kappa shape index (κ3) is 3.67. The minimum absolute atomic E-state index is 0.00824. The van der Waals surface area contributed by atoms with Crippen molar-refractivity contribution >= 4 is 56.6 Å². The lowest BCUT2D eigenvalue weighted by molar-refractivity contribution is -0.384. The van der Waals surface area contributed by atoms with E-state index in [0.717, 1.165) is 5.56 Å². The number of benzene rings is 2. The Balaban J connectivity index is 1.98. The van der Waals surface area contributed by atoms with E-state index < -0.39 is 4.92 Å². The molecule has 0 saturated carbocycles. The zero-order valence-electron chi connectivity index (χ0n) is 18.7. The van der Waals surface area contributed by atoms with Gasteiger partial charge in [-0.1, -0.05) is 35.3 Å². The van der Waals surface area contributed by atoms with E-state index in [9.17, 15) is 14.9 Å². The van der Waals surface area contributed by atoms with Gasteiger partial charge in [-0.3, -0.25) is 14.9 Å². The number of hydrogen-bond donors (Lipinski definition) is 0. The first-order valence-corrected chi connectivity index (χ1v) is 11.1. The lowest BCUT2D eigenvalue weighted by Gasteiger charge is -2.16. The molecule has 0 atom stereocenters. The molecular weight excluding hydrogens is 493 g/mol. The highest BCUT2D eigenvalue weighted by atomic mass is 35.5. The van der Waals surface area contributed by atoms with Crippen molar-refractivity contribution in [3.63, 3.8) is 0 Å². The van der Waals surface area contributed by atoms with Gasteiger partial charge in [0.15, 0.2) is 5.65 Å². The van der Waals surface area contributed by atoms with E-state index in [2.05, 4.69) is 9.97 Å². The summed E-state index contributed by atoms with van der Waals surface area (Å²) in [7, 11) is 5.20. The molecule has 0 radical (unpaired) electrons. The number of halogens is 2. The molecule has 35 heavy (non-hydrogen) atoms. The minimum Gasteiger partial charge on any atom is -0.362 e. The molecule has 0 saturated heterocycles. The maximum Gasteiger partial charge on any atom is 0.290 e. The molecular formula is C23H17Cl2N7O3. The average Bonchev–Trinajstić information content (AvgIpc) is 3.22. The van der Waals surface area contributed by atoms with Gasteiger partial charge in [-0.15, -0.1) is 0 Å². The first-order chi connectivity index (χ1) is 16.7. The predicted molar refractivity (Wildman–Crippen MR) is 136 cm³/mol. The number of pyridine rings is 1. The number of nitro benzene ring substituents is 1. The predicted octanol–water partition coefficient (Wildman–Crippen LogP) is 4.62. The zero-order valence-corrected chi connectivity index (χ0v) is 20.2. The molecule has 5 rings (SSSR count). The summed E-state index contributed by atoms with van der Waals surface area (Å²) in [6.07, 6.45) is 1.41. The molecule has 2 aromatic carbocycles. The Hall–Kier alpha value is -4.02. The van der Waals surface area contributed by atoms with Crippen LogP contribution in [0, 0.1) is 10.1 Å². The second-order valence-electron chi connectivity index (χ2n) is 8.07. The van der Waals surface area contributed by atoms with Gasteiger partial charge >= 0.3 is 0 Å². The van der Waals surface area contributed by atoms with Gasteiger partial charge in [0.05, 0.1) is 27.7 Å². The van der Waals surface area contributed by atoms with Crippen molar-refractivity contribution < 1.29 is 4.92 Å². The fourth-order valence-corrected chi connectivity index (χ4v) is 4.29. The third-order valence-electron chi connectivity index (χ3n) is 5.58. The molecule has 5 aromatic rings. The van der Waals surface area contributed by atoms with Crippen molar-refractivity contribution in [1.29, 1.82) is 0 Å². The van der Waals surface area contributed by atoms with Crippen molar-refractivity contribution in [3.8, 4) is 16.9 Å². The Morgan fingerprint density at radius 3 is 2.43 bits per heavy atom. The van der Waals surface area contributed by atoms with Crippen LogP contribution in [0.1, 0.15) is 0 Å². The second kappa shape index (κ2) is 8.33. The van der Waals surface area contributed by atoms with Crippen LogP contribution < -0.4 is 10.5 Å². The van der Waals surface area contributed by atoms with Crippen LogP contribution in [0.25, 0.3) is 38.9 Å². The fourth-order valence-electron chi connectivity index (χ4n) is 3.97. The topological polar surface area (TPSA) is 112 Å². The summed E-state index contributed by atoms with van der Waals surface area (Å²) >= 11 is 12.1. The summed E-state index contributed by atoms with van der Waals surface area (Å²) in [6, 6.07) is 11.5. The Morgan fingerprint density at radius 1 is 1.06 bits per heavy atom. The van der Waals surface area contributed by atoms with Crippen molar-refractivity contribution in [2.75, 3.05) is 19.0 Å². The van der Waals surface area contributed by atoms with Gasteiger partial charge in [0.2, 0.25) is 0 Å². The summed E-state index contributed by atoms with van der Waals surface area (Å²) in [6.45, 7) is 0. The maximum absolute atomic E-state index is 13.2. The third-order valence-corrected chi connectivity index (χ3v) is 6.15. The van der Waals surface area contributed by atoms with Crippen LogP contribution in [0.4, 0.5) is 11.5 Å². The van der Waals surface area contributed by atoms with Gasteiger partial charge in [0.25, 0.3) is 11.2 Å². The molecule has 0 N–H and O–H groups in total. The van der Waals surface area contributed by atoms with Crippen LogP contribution in [-0.4, -0.2) is 43.3 Å². The SMILES string of the molecule is CN(C)c1c2c(nn1-c1ccc(Cl)c([N+](=O)[O-])c1)c(-c1ccc(Cl)cc1)nc1ncn(C)c(=O)c12. The monoisotopic (exact) mass is 509 g/mol. The molecule has 0 bridgehead atoms. The van der Waals surface area contributed by atoms with E-state index in [4.69, 9.17) is 28.3 Å². The van der Waals surface area contributed by atoms with E-state index in [0.29, 0.717) is 38.5 Å². The summed E-state index contributed by atoms with van der Waals surface area (Å²) in [5, 5.41) is 17.7. The number of nitrogens with zero attached hydrogens (tertiary/aromatic N) is 7. The molecule has 0 fully saturated rings. The van der Waals surface area contributed by atoms with Crippen molar-refractivity contribution in [2.24, 2.45) is 7.05 Å². The molecule has 0 aliphatic rings. The molecule has 0 unspecified atom stereocenters. The molecule has 3 aromatic heterocycles. The quantitative estimate of drug-likeness (QED) is 0.256. The summed E-state index contributed by atoms with van der Waals surface area (Å²) in [5.74, 6) is 0.532. The minimum atomic E-state index is -0.555. The Labute approximate surface area is 208 Å². The fraction of sp³-hybridized carbons (Fsp3) is 0.130. The summed E-state index contributed by atoms with van der Waals surface area (Å²) in [5.41, 5.74) is 1.77. The molecule has 0 spiro atoms. The molecule has 3 heterocycles. The molecule has 12 heteroatoms. The molecule has 10 nitrogen and oxygen atoms in total. The van der Waals surface area contributed by atoms with Crippen molar-refractivity contribution in [2.45, 2.75) is 0 Å². The van der Waals surface area contributed by atoms with Gasteiger partial charge in [-0.05, 0) is 24.3 Å². The molecule has 0 aliphatic heterocycles. The first-order valence-electron chi connectivity index (χ1n) is 10.3. The highest BCUT2D eigenvalue weighted by molar-refractivity contribution is 6.32. The van der Waals surface area contributed by atoms with Gasteiger partial charge in [0.1, 0.15) is 22.1 Å². The molecule has 176 valence electrons. The second-order valence-corrected chi connectivity index (χ2v) is 8.92. The van der Waals surface area contributed by atoms with Gasteiger partial charge in [-0.25, -0.2) is 14.6 Å². The van der Waals surface area contributed by atoms with E-state index in [1.165, 1.54) is 23.0 Å². The lowest BCUT2D eigenvalue weighted by atomic mass is 10.1. The number of aryl methyl sites for hydroxylation is 1. The number of aromatic nitrogens is 5. The number of anilines is 1. The molecule has 0 aliphatic carbocycles. The van der Waals surface area contributed by atoms with E-state index >= 15 is 0 Å². The summed E-state index contributed by atoms with van der Waals surface area (Å²) < 4.78 is 2.91. The highest BCUT2D eigenvalue weighted by Gasteiger charge is 2.25. The lowest BCUT2D eigenvalue weighted by Crippen LogP contribution is -2.19. The van der Waals surface area contributed by atoms with Crippen molar-refractivity contribution in [3.05, 3.63) is 79.3 Å². The van der Waals surface area contributed by atoms with Crippen LogP contribution in [0.2, 0.25) is 10.0 Å². The number of hydrogen-bond acceptors (Lipinski definition) is 7. The largest absolute Gasteiger partial charge is 0.362 e. The van der Waals surface area contributed by atoms with Gasteiger partial charge < -0.3 is 9.47 Å². The first kappa shape index (κ1) is 22.8. The van der Waals surface area contributed by atoms with Crippen LogP contribution in [0.5, 0.6) is 0 Å². The van der Waals surface area contributed by atoms with Crippen molar-refractivity contribution in [1.82, 2.24) is 24.3 Å². The number of rotatable bonds is 4. The van der Waals surface area contributed by atoms with Gasteiger partial charge in [0, 0.05) is 37.8 Å². The Kier molecular flexibility index (Phi) is 5.42. The normalized spacial score (nSPS) is 11.3. The highest BCUT2D eigenvalue weighted by Crippen LogP contribution is 2.38. The number of fused-ring (bicyclic) bond motifs is 3. The van der Waals surface area contributed by atoms with Crippen LogP contribution >= 0.6 is 23.2 Å². The molecule has 0 amide bonds. The van der Waals surface area contributed by atoms with E-state index in [1.807, 2.05) is 0 Å². The smallest absolute Gasteiger partial charge is 0.290 e. The average molecular weight is 510 g/mol.